The molecule has 2 atom stereocenters. The molecule has 7 nitrogen and oxygen atoms in total. The summed E-state index contributed by atoms with van der Waals surface area (Å²) in [4.78, 5) is 0.135. The van der Waals surface area contributed by atoms with Crippen LogP contribution in [-0.2, 0) is 24.6 Å². The van der Waals surface area contributed by atoms with Crippen LogP contribution in [0.4, 0.5) is 0 Å². The fourth-order valence-electron chi connectivity index (χ4n) is 3.32. The Labute approximate surface area is 148 Å². The van der Waals surface area contributed by atoms with E-state index in [1.807, 2.05) is 0 Å². The molecule has 0 spiro atoms. The highest BCUT2D eigenvalue weighted by Gasteiger charge is 2.40. The smallest absolute Gasteiger partial charge is 0.243 e. The molecule has 0 aromatic heterocycles. The van der Waals surface area contributed by atoms with E-state index in [4.69, 9.17) is 9.47 Å². The minimum Gasteiger partial charge on any atom is -0.497 e. The lowest BCUT2D eigenvalue weighted by Gasteiger charge is -2.29. The first-order valence-corrected chi connectivity index (χ1v) is 11.6. The Balaban J connectivity index is 1.90. The third-order valence-corrected chi connectivity index (χ3v) is 8.37. The van der Waals surface area contributed by atoms with E-state index in [-0.39, 0.29) is 29.0 Å². The van der Waals surface area contributed by atoms with Crippen molar-refractivity contribution in [2.75, 3.05) is 31.8 Å². The number of rotatable bonds is 6. The zero-order valence-corrected chi connectivity index (χ0v) is 15.8. The number of hydrogen-bond donors (Lipinski definition) is 0. The third kappa shape index (κ3) is 4.16. The predicted molar refractivity (Wildman–Crippen MR) is 92.9 cm³/mol. The Hall–Kier alpha value is -1.16. The molecule has 2 fully saturated rings. The lowest BCUT2D eigenvalue weighted by molar-refractivity contribution is 0.0877. The van der Waals surface area contributed by atoms with E-state index < -0.39 is 25.9 Å². The van der Waals surface area contributed by atoms with Crippen LogP contribution in [0, 0.1) is 0 Å². The molecule has 25 heavy (non-hydrogen) atoms. The number of ether oxygens (including phenoxy) is 2. The van der Waals surface area contributed by atoms with Crippen molar-refractivity contribution in [2.45, 2.75) is 36.3 Å². The van der Waals surface area contributed by atoms with Crippen LogP contribution in [0.15, 0.2) is 29.2 Å². The molecule has 2 heterocycles. The molecular weight excluding hydrogens is 366 g/mol. The molecule has 0 unspecified atom stereocenters. The van der Waals surface area contributed by atoms with Crippen molar-refractivity contribution < 1.29 is 26.3 Å². The van der Waals surface area contributed by atoms with Gasteiger partial charge in [0.25, 0.3) is 0 Å². The zero-order chi connectivity index (χ0) is 18.1. The molecule has 2 aliphatic rings. The summed E-state index contributed by atoms with van der Waals surface area (Å²) in [6.45, 7) is 0.804. The van der Waals surface area contributed by atoms with Crippen molar-refractivity contribution in [1.82, 2.24) is 4.31 Å². The van der Waals surface area contributed by atoms with Crippen LogP contribution in [0.2, 0.25) is 0 Å². The molecule has 1 aromatic rings. The second kappa shape index (κ2) is 7.22. The molecule has 0 saturated carbocycles. The normalized spacial score (nSPS) is 26.2. The van der Waals surface area contributed by atoms with Gasteiger partial charge in [0.2, 0.25) is 10.0 Å². The van der Waals surface area contributed by atoms with Crippen molar-refractivity contribution in [1.29, 1.82) is 0 Å². The number of sulfonamides is 1. The molecule has 2 saturated heterocycles. The van der Waals surface area contributed by atoms with Gasteiger partial charge in [0, 0.05) is 19.2 Å². The molecule has 0 aliphatic carbocycles. The average Bonchev–Trinajstić information content (AvgIpc) is 3.21. The van der Waals surface area contributed by atoms with Crippen LogP contribution in [0.5, 0.6) is 5.75 Å². The highest BCUT2D eigenvalue weighted by Crippen LogP contribution is 2.28. The fourth-order valence-corrected chi connectivity index (χ4v) is 6.83. The highest BCUT2D eigenvalue weighted by molar-refractivity contribution is 7.92. The zero-order valence-electron chi connectivity index (χ0n) is 14.1. The Morgan fingerprint density at radius 3 is 2.48 bits per heavy atom. The van der Waals surface area contributed by atoms with Gasteiger partial charge >= 0.3 is 0 Å². The van der Waals surface area contributed by atoms with Gasteiger partial charge < -0.3 is 9.47 Å². The molecule has 140 valence electrons. The van der Waals surface area contributed by atoms with Gasteiger partial charge in [-0.15, -0.1) is 0 Å². The maximum absolute atomic E-state index is 13.2. The van der Waals surface area contributed by atoms with E-state index in [9.17, 15) is 16.8 Å². The fraction of sp³-hybridized carbons (Fsp3) is 0.625. The predicted octanol–water partition coefficient (Wildman–Crippen LogP) is 1.05. The first-order valence-electron chi connectivity index (χ1n) is 8.30. The lowest BCUT2D eigenvalue weighted by Crippen LogP contribution is -2.45. The van der Waals surface area contributed by atoms with Gasteiger partial charge in [0.1, 0.15) is 5.75 Å². The molecule has 3 rings (SSSR count). The average molecular weight is 389 g/mol. The monoisotopic (exact) mass is 389 g/mol. The van der Waals surface area contributed by atoms with Crippen LogP contribution in [0.3, 0.4) is 0 Å². The second-order valence-corrected chi connectivity index (χ2v) is 10.6. The van der Waals surface area contributed by atoms with Crippen molar-refractivity contribution in [2.24, 2.45) is 0 Å². The first-order chi connectivity index (χ1) is 11.8. The highest BCUT2D eigenvalue weighted by atomic mass is 32.2. The Morgan fingerprint density at radius 1 is 1.24 bits per heavy atom. The summed E-state index contributed by atoms with van der Waals surface area (Å²) >= 11 is 0. The largest absolute Gasteiger partial charge is 0.497 e. The van der Waals surface area contributed by atoms with Crippen molar-refractivity contribution in [3.63, 3.8) is 0 Å². The number of hydrogen-bond acceptors (Lipinski definition) is 6. The van der Waals surface area contributed by atoms with Gasteiger partial charge in [-0.3, -0.25) is 0 Å². The van der Waals surface area contributed by atoms with Crippen LogP contribution in [0.1, 0.15) is 19.3 Å². The lowest BCUT2D eigenvalue weighted by atomic mass is 10.2. The number of sulfone groups is 1. The summed E-state index contributed by atoms with van der Waals surface area (Å²) in [6, 6.07) is 5.60. The first kappa shape index (κ1) is 18.6. The van der Waals surface area contributed by atoms with Crippen molar-refractivity contribution in [3.05, 3.63) is 24.3 Å². The summed E-state index contributed by atoms with van der Waals surface area (Å²) < 4.78 is 62.0. The van der Waals surface area contributed by atoms with Crippen LogP contribution < -0.4 is 4.74 Å². The summed E-state index contributed by atoms with van der Waals surface area (Å²) in [5.41, 5.74) is 0. The number of methoxy groups -OCH3 is 1. The van der Waals surface area contributed by atoms with Gasteiger partial charge in [-0.1, -0.05) is 0 Å². The van der Waals surface area contributed by atoms with E-state index in [0.29, 0.717) is 18.8 Å². The molecule has 0 amide bonds. The molecule has 9 heteroatoms. The molecule has 2 aliphatic heterocycles. The quantitative estimate of drug-likeness (QED) is 0.722. The standard InChI is InChI=1S/C16H23NO6S2/c1-22-14-4-6-16(7-5-14)25(20,21)17(11-15-3-2-9-23-15)13-8-10-24(18,19)12-13/h4-7,13,15H,2-3,8-12H2,1H3/t13-,15+/m0/s1. The Bertz CT molecular complexity index is 798. The minimum atomic E-state index is -3.81. The van der Waals surface area contributed by atoms with E-state index >= 15 is 0 Å². The third-order valence-electron chi connectivity index (χ3n) is 4.69. The molecule has 0 N–H and O–H groups in total. The van der Waals surface area contributed by atoms with Gasteiger partial charge in [0.05, 0.1) is 29.6 Å². The summed E-state index contributed by atoms with van der Waals surface area (Å²) in [7, 11) is -5.50. The maximum Gasteiger partial charge on any atom is 0.243 e. The minimum absolute atomic E-state index is 0.0256. The van der Waals surface area contributed by atoms with E-state index in [2.05, 4.69) is 0 Å². The summed E-state index contributed by atoms with van der Waals surface area (Å²) in [5.74, 6) is 0.459. The van der Waals surface area contributed by atoms with Gasteiger partial charge in [-0.05, 0) is 43.5 Å². The molecule has 1 aromatic carbocycles. The topological polar surface area (TPSA) is 90.0 Å². The summed E-state index contributed by atoms with van der Waals surface area (Å²) in [5, 5.41) is 0. The summed E-state index contributed by atoms with van der Waals surface area (Å²) in [6.07, 6.45) is 1.82. The van der Waals surface area contributed by atoms with Crippen LogP contribution in [0.25, 0.3) is 0 Å². The number of nitrogens with zero attached hydrogens (tertiary/aromatic N) is 1. The van der Waals surface area contributed by atoms with Crippen molar-refractivity contribution in [3.8, 4) is 5.75 Å². The van der Waals surface area contributed by atoms with Crippen molar-refractivity contribution >= 4 is 19.9 Å². The van der Waals surface area contributed by atoms with Crippen LogP contribution in [-0.4, -0.2) is 65.1 Å². The SMILES string of the molecule is COc1ccc(S(=O)(=O)N(C[C@H]2CCCO2)[C@H]2CCS(=O)(=O)C2)cc1. The molecule has 0 radical (unpaired) electrons. The Kier molecular flexibility index (Phi) is 5.38. The Morgan fingerprint density at radius 2 is 1.96 bits per heavy atom. The van der Waals surface area contributed by atoms with Crippen LogP contribution >= 0.6 is 0 Å². The van der Waals surface area contributed by atoms with E-state index in [1.54, 1.807) is 12.1 Å². The molecule has 0 bridgehead atoms. The van der Waals surface area contributed by atoms with E-state index in [0.717, 1.165) is 12.8 Å². The van der Waals surface area contributed by atoms with Gasteiger partial charge in [-0.25, -0.2) is 16.8 Å². The maximum atomic E-state index is 13.2. The molecular formula is C16H23NO6S2. The van der Waals surface area contributed by atoms with Gasteiger partial charge in [0.15, 0.2) is 9.84 Å². The van der Waals surface area contributed by atoms with Gasteiger partial charge in [-0.2, -0.15) is 4.31 Å². The number of benzene rings is 1. The second-order valence-electron chi connectivity index (χ2n) is 6.44. The van der Waals surface area contributed by atoms with E-state index in [1.165, 1.54) is 23.5 Å².